The number of rotatable bonds is 18. The van der Waals surface area contributed by atoms with Gasteiger partial charge in [-0.25, -0.2) is 14.6 Å². The molecule has 14 heteroatoms. The summed E-state index contributed by atoms with van der Waals surface area (Å²) in [4.78, 5) is 73.6. The van der Waals surface area contributed by atoms with Crippen LogP contribution < -0.4 is 20.8 Å². The molecule has 55 heavy (non-hydrogen) atoms. The minimum absolute atomic E-state index is 0.00564. The fourth-order valence-corrected chi connectivity index (χ4v) is 6.42. The van der Waals surface area contributed by atoms with Crippen LogP contribution in [0, 0.1) is 5.92 Å². The minimum Gasteiger partial charge on any atom is -0.603 e. The Morgan fingerprint density at radius 1 is 0.782 bits per heavy atom. The number of aromatic nitrogens is 2. The van der Waals surface area contributed by atoms with Gasteiger partial charge < -0.3 is 35.3 Å². The highest BCUT2D eigenvalue weighted by molar-refractivity contribution is 7.47. The largest absolute Gasteiger partial charge is 0.603 e. The van der Waals surface area contributed by atoms with Crippen LogP contribution in [0.5, 0.6) is 0 Å². The number of carbonyl (C=O) groups is 4. The highest BCUT2D eigenvalue weighted by Crippen LogP contribution is 2.22. The summed E-state index contributed by atoms with van der Waals surface area (Å²) in [6.07, 6.45) is 1.66. The number of hydrogen-bond acceptors (Lipinski definition) is 9. The van der Waals surface area contributed by atoms with Gasteiger partial charge in [0.25, 0.3) is 0 Å². The van der Waals surface area contributed by atoms with Crippen LogP contribution in [-0.4, -0.2) is 58.0 Å². The van der Waals surface area contributed by atoms with Crippen LogP contribution in [0.1, 0.15) is 42.7 Å². The van der Waals surface area contributed by atoms with E-state index in [2.05, 4.69) is 25.9 Å². The number of nitrogens with one attached hydrogen (secondary N) is 4. The Balaban J connectivity index is 1.33. The summed E-state index contributed by atoms with van der Waals surface area (Å²) in [5.41, 5.74) is 2.87. The van der Waals surface area contributed by atoms with E-state index < -0.39 is 50.2 Å². The van der Waals surface area contributed by atoms with Gasteiger partial charge in [0.15, 0.2) is 6.23 Å². The van der Waals surface area contributed by atoms with E-state index in [1.54, 1.807) is 31.2 Å². The summed E-state index contributed by atoms with van der Waals surface area (Å²) in [6, 6.07) is 29.2. The van der Waals surface area contributed by atoms with Crippen molar-refractivity contribution in [3.05, 3.63) is 138 Å². The van der Waals surface area contributed by atoms with Crippen molar-refractivity contribution in [3.8, 4) is 0 Å². The molecule has 0 aliphatic carbocycles. The molecule has 0 aliphatic rings. The Bertz CT molecular complexity index is 2040. The van der Waals surface area contributed by atoms with Crippen molar-refractivity contribution < 1.29 is 38.1 Å². The van der Waals surface area contributed by atoms with Crippen molar-refractivity contribution in [1.82, 2.24) is 25.9 Å². The van der Waals surface area contributed by atoms with Crippen LogP contribution in [0.4, 0.5) is 4.79 Å². The molecule has 4 N–H and O–H groups in total. The third kappa shape index (κ3) is 12.6. The zero-order chi connectivity index (χ0) is 39.0. The molecular formula is C41H44N5O8P. The zero-order valence-electron chi connectivity index (χ0n) is 30.6. The molecule has 0 saturated carbocycles. The molecule has 1 aromatic heterocycles. The molecule has 5 rings (SSSR count). The number of hydrogen-bond donors (Lipinski definition) is 4. The van der Waals surface area contributed by atoms with Gasteiger partial charge in [0, 0.05) is 30.7 Å². The number of amides is 3. The highest BCUT2D eigenvalue weighted by atomic mass is 31.1. The normalized spacial score (nSPS) is 13.5. The van der Waals surface area contributed by atoms with E-state index in [4.69, 9.17) is 14.0 Å². The molecule has 0 fully saturated rings. The minimum atomic E-state index is -2.70. The van der Waals surface area contributed by atoms with Crippen molar-refractivity contribution >= 4 is 48.4 Å². The third-order valence-electron chi connectivity index (χ3n) is 8.83. The van der Waals surface area contributed by atoms with E-state index in [-0.39, 0.29) is 32.0 Å². The van der Waals surface area contributed by atoms with Gasteiger partial charge in [-0.15, -0.1) is 0 Å². The number of ether oxygens (including phenoxy) is 2. The molecular weight excluding hydrogens is 721 g/mol. The smallest absolute Gasteiger partial charge is 0.408 e. The second-order valence-corrected chi connectivity index (χ2v) is 13.9. The molecule has 0 bridgehead atoms. The van der Waals surface area contributed by atoms with Gasteiger partial charge in [-0.1, -0.05) is 117 Å². The number of fused-ring (bicyclic) bond motifs is 1. The highest BCUT2D eigenvalue weighted by Gasteiger charge is 2.32. The second kappa shape index (κ2) is 20.5. The van der Waals surface area contributed by atoms with E-state index >= 15 is 0 Å². The van der Waals surface area contributed by atoms with E-state index in [9.17, 15) is 24.1 Å². The molecule has 286 valence electrons. The second-order valence-electron chi connectivity index (χ2n) is 12.9. The number of benzene rings is 4. The van der Waals surface area contributed by atoms with Crippen LogP contribution in [0.25, 0.3) is 10.8 Å². The first-order chi connectivity index (χ1) is 26.7. The Morgan fingerprint density at radius 2 is 1.40 bits per heavy atom. The Kier molecular flexibility index (Phi) is 15.1. The first-order valence-corrected chi connectivity index (χ1v) is 19.1. The predicted octanol–water partition coefficient (Wildman–Crippen LogP) is 4.85. The van der Waals surface area contributed by atoms with Crippen LogP contribution in [0.2, 0.25) is 0 Å². The monoisotopic (exact) mass is 765 g/mol. The Labute approximate surface area is 320 Å². The fraction of sp³-hybridized carbons (Fsp3) is 0.268. The molecule has 0 spiro atoms. The summed E-state index contributed by atoms with van der Waals surface area (Å²) in [5.74, 6) is -1.66. The van der Waals surface area contributed by atoms with Gasteiger partial charge in [-0.05, 0) is 33.9 Å². The number of H-pyrrole nitrogens is 1. The number of aromatic amines is 1. The van der Waals surface area contributed by atoms with Gasteiger partial charge in [-0.2, -0.15) is 4.52 Å². The van der Waals surface area contributed by atoms with Crippen LogP contribution >= 0.6 is 8.00 Å². The summed E-state index contributed by atoms with van der Waals surface area (Å²) < 4.78 is 16.3. The third-order valence-corrected chi connectivity index (χ3v) is 9.69. The van der Waals surface area contributed by atoms with Crippen molar-refractivity contribution in [2.24, 2.45) is 5.92 Å². The molecule has 13 nitrogen and oxygen atoms in total. The molecule has 5 aromatic rings. The summed E-state index contributed by atoms with van der Waals surface area (Å²) >= 11 is 0. The quantitative estimate of drug-likeness (QED) is 0.0550. The number of imidazole rings is 1. The Morgan fingerprint density at radius 3 is 2.07 bits per heavy atom. The van der Waals surface area contributed by atoms with Gasteiger partial charge in [-0.3, -0.25) is 9.59 Å². The lowest BCUT2D eigenvalue weighted by Crippen LogP contribution is -2.57. The molecule has 5 atom stereocenters. The maximum absolute atomic E-state index is 14.2. The molecule has 3 amide bonds. The zero-order valence-corrected chi connectivity index (χ0v) is 31.4. The fourth-order valence-electron chi connectivity index (χ4n) is 5.63. The van der Waals surface area contributed by atoms with E-state index in [0.29, 0.717) is 12.1 Å². The number of carbonyl (C=O) groups excluding carboxylic acids is 4. The van der Waals surface area contributed by atoms with Crippen molar-refractivity contribution in [1.29, 1.82) is 0 Å². The van der Waals surface area contributed by atoms with Crippen molar-refractivity contribution in [2.45, 2.75) is 64.6 Å². The molecule has 0 saturated heterocycles. The molecule has 3 unspecified atom stereocenters. The molecule has 0 aliphatic heterocycles. The van der Waals surface area contributed by atoms with Crippen LogP contribution in [-0.2, 0) is 54.4 Å². The van der Waals surface area contributed by atoms with E-state index in [0.717, 1.165) is 33.3 Å². The average Bonchev–Trinajstić information content (AvgIpc) is 3.72. The van der Waals surface area contributed by atoms with Crippen molar-refractivity contribution in [2.75, 3.05) is 0 Å². The molecule has 1 heterocycles. The van der Waals surface area contributed by atoms with Crippen LogP contribution in [0.15, 0.2) is 116 Å². The van der Waals surface area contributed by atoms with Gasteiger partial charge in [0.05, 0.1) is 6.33 Å². The topological polar surface area (TPSA) is 184 Å². The summed E-state index contributed by atoms with van der Waals surface area (Å²) in [5, 5.41) is 10.1. The van der Waals surface area contributed by atoms with Gasteiger partial charge in [0.1, 0.15) is 25.3 Å². The lowest BCUT2D eigenvalue weighted by Gasteiger charge is -2.26. The first kappa shape index (κ1) is 40.3. The molecule has 0 radical (unpaired) electrons. The van der Waals surface area contributed by atoms with Crippen LogP contribution in [0.3, 0.4) is 0 Å². The number of alkyl carbamates (subject to hydrolysis) is 1. The maximum Gasteiger partial charge on any atom is 0.408 e. The molecule has 4 aromatic carbocycles. The van der Waals surface area contributed by atoms with Crippen molar-refractivity contribution in [3.63, 3.8) is 0 Å². The number of esters is 1. The summed E-state index contributed by atoms with van der Waals surface area (Å²) in [6.45, 7) is 3.63. The first-order valence-electron chi connectivity index (χ1n) is 17.9. The number of nitrogens with zero attached hydrogens (tertiary/aromatic N) is 1. The maximum atomic E-state index is 14.2. The summed E-state index contributed by atoms with van der Waals surface area (Å²) in [7, 11) is -2.70. The Hall–Kier alpha value is -5.88. The van der Waals surface area contributed by atoms with E-state index in [1.807, 2.05) is 85.8 Å². The lowest BCUT2D eigenvalue weighted by atomic mass is 9.98. The average molecular weight is 766 g/mol. The standard InChI is InChI=1S/C41H44N5O8P/c1-3-28(2)40(54-55(51)26-37(47)52-24-29-13-6-4-7-14-29)46-39(49)36(22-33-23-42-27-43-33)44-38(48)35(45-41(50)53-25-30-15-8-5-9-16-30)21-32-19-12-18-31-17-10-11-20-34(31)32/h4-20,23,26-28,35-36,40H,3,21-22,24-25H2,1-2H3,(H,42,43)(H,44,48)(H,45,50)(H,46,49)/t28?,35-,36?,40+/m1/s1. The van der Waals surface area contributed by atoms with Gasteiger partial charge >= 0.3 is 12.1 Å². The lowest BCUT2D eigenvalue weighted by molar-refractivity contribution is -0.178. The SMILES string of the molecule is CCC(C)[C@@H](NC(=O)C(Cc1cnc[nH]1)NC(=O)[C@@H](Cc1cccc2ccccc12)NC(=O)OCc1ccccc1)O[P+]([O-])=CC(=O)OCc1ccccc1. The predicted molar refractivity (Wildman–Crippen MR) is 207 cm³/mol. The van der Waals surface area contributed by atoms with Gasteiger partial charge in [0.2, 0.25) is 25.6 Å². The van der Waals surface area contributed by atoms with E-state index in [1.165, 1.54) is 12.5 Å².